The number of hydrogen-bond acceptors (Lipinski definition) is 3. The number of nitrogens with zero attached hydrogens (tertiary/aromatic N) is 2. The molecule has 1 aliphatic rings. The number of nitrogens with two attached hydrogens (primary N) is 1. The van der Waals surface area contributed by atoms with Crippen molar-refractivity contribution in [3.05, 3.63) is 35.4 Å². The Morgan fingerprint density at radius 3 is 2.47 bits per heavy atom. The SMILES string of the molecule is NC(=O)N1CCN(Cc2cccc(C(=O)O)c2)CC1. The number of carbonyl (C=O) groups excluding carboxylic acids is 1. The lowest BCUT2D eigenvalue weighted by Crippen LogP contribution is -2.50. The van der Waals surface area contributed by atoms with Crippen molar-refractivity contribution in [1.82, 2.24) is 9.80 Å². The lowest BCUT2D eigenvalue weighted by atomic mass is 10.1. The molecule has 1 aliphatic heterocycles. The molecule has 2 rings (SSSR count). The molecule has 6 heteroatoms. The van der Waals surface area contributed by atoms with Crippen LogP contribution in [0, 0.1) is 0 Å². The Kier molecular flexibility index (Phi) is 4.01. The van der Waals surface area contributed by atoms with Crippen LogP contribution in [0.1, 0.15) is 15.9 Å². The highest BCUT2D eigenvalue weighted by atomic mass is 16.4. The molecule has 1 heterocycles. The molecule has 102 valence electrons. The van der Waals surface area contributed by atoms with E-state index in [1.54, 1.807) is 23.1 Å². The van der Waals surface area contributed by atoms with Crippen LogP contribution in [0.5, 0.6) is 0 Å². The highest BCUT2D eigenvalue weighted by Crippen LogP contribution is 2.10. The summed E-state index contributed by atoms with van der Waals surface area (Å²) in [5.74, 6) is -0.916. The molecule has 0 atom stereocenters. The molecule has 1 aromatic carbocycles. The van der Waals surface area contributed by atoms with E-state index in [9.17, 15) is 9.59 Å². The normalized spacial score (nSPS) is 16.3. The van der Waals surface area contributed by atoms with Crippen molar-refractivity contribution in [3.8, 4) is 0 Å². The van der Waals surface area contributed by atoms with Gasteiger partial charge in [-0.1, -0.05) is 12.1 Å². The summed E-state index contributed by atoms with van der Waals surface area (Å²) in [4.78, 5) is 25.7. The molecule has 0 saturated carbocycles. The molecule has 0 aliphatic carbocycles. The van der Waals surface area contributed by atoms with Crippen molar-refractivity contribution in [3.63, 3.8) is 0 Å². The molecule has 0 radical (unpaired) electrons. The van der Waals surface area contributed by atoms with Crippen molar-refractivity contribution in [2.24, 2.45) is 5.73 Å². The zero-order valence-electron chi connectivity index (χ0n) is 10.6. The monoisotopic (exact) mass is 263 g/mol. The van der Waals surface area contributed by atoms with Gasteiger partial charge in [0.05, 0.1) is 5.56 Å². The number of piperazine rings is 1. The van der Waals surface area contributed by atoms with E-state index in [0.717, 1.165) is 18.7 Å². The Balaban J connectivity index is 1.94. The van der Waals surface area contributed by atoms with Crippen LogP contribution in [-0.4, -0.2) is 53.1 Å². The zero-order valence-corrected chi connectivity index (χ0v) is 10.6. The van der Waals surface area contributed by atoms with Gasteiger partial charge in [-0.15, -0.1) is 0 Å². The summed E-state index contributed by atoms with van der Waals surface area (Å²) in [5.41, 5.74) is 6.49. The quantitative estimate of drug-likeness (QED) is 0.835. The number of amides is 2. The fourth-order valence-electron chi connectivity index (χ4n) is 2.19. The maximum Gasteiger partial charge on any atom is 0.335 e. The smallest absolute Gasteiger partial charge is 0.335 e. The number of benzene rings is 1. The van der Waals surface area contributed by atoms with Gasteiger partial charge in [0.2, 0.25) is 0 Å². The second-order valence-corrected chi connectivity index (χ2v) is 4.61. The molecule has 0 spiro atoms. The van der Waals surface area contributed by atoms with Gasteiger partial charge < -0.3 is 15.7 Å². The van der Waals surface area contributed by atoms with Crippen molar-refractivity contribution in [2.45, 2.75) is 6.54 Å². The van der Waals surface area contributed by atoms with Crippen molar-refractivity contribution < 1.29 is 14.7 Å². The summed E-state index contributed by atoms with van der Waals surface area (Å²) < 4.78 is 0. The number of aromatic carboxylic acids is 1. The standard InChI is InChI=1S/C13H17N3O3/c14-13(19)16-6-4-15(5-7-16)9-10-2-1-3-11(8-10)12(17)18/h1-3,8H,4-7,9H2,(H2,14,19)(H,17,18). The summed E-state index contributed by atoms with van der Waals surface area (Å²) in [7, 11) is 0. The number of carbonyl (C=O) groups is 2. The van der Waals surface area contributed by atoms with E-state index in [1.165, 1.54) is 0 Å². The fraction of sp³-hybridized carbons (Fsp3) is 0.385. The Hall–Kier alpha value is -2.08. The third-order valence-corrected chi connectivity index (χ3v) is 3.26. The van der Waals surface area contributed by atoms with Gasteiger partial charge in [-0.05, 0) is 17.7 Å². The predicted molar refractivity (Wildman–Crippen MR) is 69.8 cm³/mol. The van der Waals surface area contributed by atoms with E-state index < -0.39 is 5.97 Å². The number of urea groups is 1. The summed E-state index contributed by atoms with van der Waals surface area (Å²) in [6.07, 6.45) is 0. The Bertz CT molecular complexity index is 482. The Morgan fingerprint density at radius 2 is 1.89 bits per heavy atom. The van der Waals surface area contributed by atoms with E-state index in [2.05, 4.69) is 4.90 Å². The number of carboxylic acid groups (broad SMARTS) is 1. The minimum atomic E-state index is -0.916. The van der Waals surface area contributed by atoms with Crippen LogP contribution in [0.2, 0.25) is 0 Å². The topological polar surface area (TPSA) is 86.9 Å². The molecule has 3 N–H and O–H groups in total. The van der Waals surface area contributed by atoms with Crippen molar-refractivity contribution >= 4 is 12.0 Å². The maximum atomic E-state index is 11.0. The van der Waals surface area contributed by atoms with Gasteiger partial charge in [-0.2, -0.15) is 0 Å². The molecular formula is C13H17N3O3. The van der Waals surface area contributed by atoms with Gasteiger partial charge in [0.1, 0.15) is 0 Å². The molecule has 0 bridgehead atoms. The lowest BCUT2D eigenvalue weighted by molar-refractivity contribution is 0.0696. The number of hydrogen-bond donors (Lipinski definition) is 2. The van der Waals surface area contributed by atoms with E-state index in [-0.39, 0.29) is 6.03 Å². The van der Waals surface area contributed by atoms with Crippen LogP contribution in [0.4, 0.5) is 4.79 Å². The minimum absolute atomic E-state index is 0.299. The maximum absolute atomic E-state index is 11.0. The van der Waals surface area contributed by atoms with Gasteiger partial charge >= 0.3 is 12.0 Å². The van der Waals surface area contributed by atoms with Crippen molar-refractivity contribution in [2.75, 3.05) is 26.2 Å². The number of primary amides is 1. The highest BCUT2D eigenvalue weighted by Gasteiger charge is 2.19. The summed E-state index contributed by atoms with van der Waals surface area (Å²) in [5, 5.41) is 8.94. The predicted octanol–water partition coefficient (Wildman–Crippen LogP) is 0.581. The molecule has 6 nitrogen and oxygen atoms in total. The van der Waals surface area contributed by atoms with E-state index in [0.29, 0.717) is 25.2 Å². The highest BCUT2D eigenvalue weighted by molar-refractivity contribution is 5.87. The number of carboxylic acids is 1. The van der Waals surface area contributed by atoms with Gasteiger partial charge in [0.15, 0.2) is 0 Å². The Morgan fingerprint density at radius 1 is 1.21 bits per heavy atom. The average molecular weight is 263 g/mol. The van der Waals surface area contributed by atoms with Gasteiger partial charge in [0.25, 0.3) is 0 Å². The second-order valence-electron chi connectivity index (χ2n) is 4.61. The number of rotatable bonds is 3. The van der Waals surface area contributed by atoms with Gasteiger partial charge in [-0.3, -0.25) is 4.90 Å². The largest absolute Gasteiger partial charge is 0.478 e. The second kappa shape index (κ2) is 5.71. The molecule has 1 saturated heterocycles. The third kappa shape index (κ3) is 3.45. The van der Waals surface area contributed by atoms with Crippen LogP contribution >= 0.6 is 0 Å². The average Bonchev–Trinajstić information content (AvgIpc) is 2.39. The Labute approximate surface area is 111 Å². The molecular weight excluding hydrogens is 246 g/mol. The van der Waals surface area contributed by atoms with Crippen LogP contribution in [-0.2, 0) is 6.54 Å². The van der Waals surface area contributed by atoms with Crippen LogP contribution in [0.25, 0.3) is 0 Å². The van der Waals surface area contributed by atoms with E-state index >= 15 is 0 Å². The molecule has 2 amide bonds. The fourth-order valence-corrected chi connectivity index (χ4v) is 2.19. The first-order chi connectivity index (χ1) is 9.06. The molecule has 1 aromatic rings. The first-order valence-corrected chi connectivity index (χ1v) is 6.15. The lowest BCUT2D eigenvalue weighted by Gasteiger charge is -2.33. The van der Waals surface area contributed by atoms with Crippen molar-refractivity contribution in [1.29, 1.82) is 0 Å². The van der Waals surface area contributed by atoms with Gasteiger partial charge in [-0.25, -0.2) is 9.59 Å². The first-order valence-electron chi connectivity index (χ1n) is 6.15. The summed E-state index contributed by atoms with van der Waals surface area (Å²) in [6.45, 7) is 3.43. The first kappa shape index (κ1) is 13.4. The minimum Gasteiger partial charge on any atom is -0.478 e. The zero-order chi connectivity index (χ0) is 13.8. The molecule has 0 unspecified atom stereocenters. The van der Waals surface area contributed by atoms with Gasteiger partial charge in [0, 0.05) is 32.7 Å². The summed E-state index contributed by atoms with van der Waals surface area (Å²) in [6, 6.07) is 6.54. The van der Waals surface area contributed by atoms with Crippen LogP contribution in [0.3, 0.4) is 0 Å². The molecule has 19 heavy (non-hydrogen) atoms. The van der Waals surface area contributed by atoms with Crippen LogP contribution in [0.15, 0.2) is 24.3 Å². The third-order valence-electron chi connectivity index (χ3n) is 3.26. The summed E-state index contributed by atoms with van der Waals surface area (Å²) >= 11 is 0. The van der Waals surface area contributed by atoms with E-state index in [1.807, 2.05) is 6.07 Å². The molecule has 1 fully saturated rings. The van der Waals surface area contributed by atoms with Crippen LogP contribution < -0.4 is 5.73 Å². The van der Waals surface area contributed by atoms with E-state index in [4.69, 9.17) is 10.8 Å². The molecule has 0 aromatic heterocycles.